The average Bonchev–Trinajstić information content (AvgIpc) is 2.64. The largest absolute Gasteiger partial charge is 0.549 e. The lowest BCUT2D eigenvalue weighted by Gasteiger charge is -2.15. The van der Waals surface area contributed by atoms with Gasteiger partial charge in [0.1, 0.15) is 16.2 Å². The maximum Gasteiger partial charge on any atom is 0.332 e. The number of aromatic nitrogens is 4. The number of carboxylic acid groups (broad SMARTS) is 1. The van der Waals surface area contributed by atoms with Gasteiger partial charge in [-0.05, 0) is 19.1 Å². The number of halogens is 1. The van der Waals surface area contributed by atoms with Crippen LogP contribution in [0.15, 0.2) is 38.9 Å². The van der Waals surface area contributed by atoms with E-state index in [2.05, 4.69) is 9.97 Å². The number of fused-ring (bicyclic) bond motifs is 1. The first-order chi connectivity index (χ1) is 12.7. The zero-order valence-corrected chi connectivity index (χ0v) is 15.4. The third-order valence-electron chi connectivity index (χ3n) is 4.00. The maximum absolute atomic E-state index is 14.2. The van der Waals surface area contributed by atoms with Crippen LogP contribution in [0.2, 0.25) is 0 Å². The number of aryl methyl sites for hydroxylation is 1. The summed E-state index contributed by atoms with van der Waals surface area (Å²) in [6, 6.07) is 5.76. The number of carbonyl (C=O) groups is 1. The van der Waals surface area contributed by atoms with Gasteiger partial charge in [0.15, 0.2) is 11.5 Å². The molecule has 0 aliphatic heterocycles. The lowest BCUT2D eigenvalue weighted by molar-refractivity contribution is -0.304. The van der Waals surface area contributed by atoms with Gasteiger partial charge >= 0.3 is 5.69 Å². The molecule has 0 amide bonds. The zero-order valence-electron chi connectivity index (χ0n) is 14.6. The summed E-state index contributed by atoms with van der Waals surface area (Å²) in [5, 5.41) is 10.1. The van der Waals surface area contributed by atoms with Crippen molar-refractivity contribution >= 4 is 28.8 Å². The zero-order chi connectivity index (χ0) is 19.9. The molecule has 0 spiro atoms. The van der Waals surface area contributed by atoms with Crippen LogP contribution in [-0.4, -0.2) is 30.3 Å². The Morgan fingerprint density at radius 2 is 1.85 bits per heavy atom. The number of benzene rings is 1. The number of hydrogen-bond donors (Lipinski definition) is 0. The topological polar surface area (TPSA) is 110 Å². The Bertz CT molecular complexity index is 1190. The minimum atomic E-state index is -1.35. The molecule has 8 nitrogen and oxygen atoms in total. The molecule has 3 rings (SSSR count). The number of rotatable bonds is 4. The SMILES string of the molecule is C[C@@H](Sc1nc(-c2ccccc2F)nc2c1c(=O)n(C)c(=O)n2C)C(=O)[O-]. The molecule has 1 atom stereocenters. The molecule has 1 aromatic carbocycles. The van der Waals surface area contributed by atoms with Crippen molar-refractivity contribution in [3.05, 3.63) is 50.9 Å². The molecule has 0 bridgehead atoms. The standard InChI is InChI=1S/C17H15FN4O4S/c1-8(16(24)25)27-14-11-13(21(2)17(26)22(3)15(11)23)19-12(20-14)9-6-4-5-7-10(9)18/h4-8H,1-3H3,(H,24,25)/p-1/t8-/m1/s1. The first-order valence-electron chi connectivity index (χ1n) is 7.82. The second kappa shape index (κ2) is 6.95. The molecule has 0 radical (unpaired) electrons. The van der Waals surface area contributed by atoms with Crippen LogP contribution in [0, 0.1) is 5.82 Å². The smallest absolute Gasteiger partial charge is 0.332 e. The van der Waals surface area contributed by atoms with E-state index in [-0.39, 0.29) is 27.4 Å². The third-order valence-corrected chi connectivity index (χ3v) is 5.07. The van der Waals surface area contributed by atoms with Crippen molar-refractivity contribution in [1.29, 1.82) is 0 Å². The fourth-order valence-electron chi connectivity index (χ4n) is 2.49. The van der Waals surface area contributed by atoms with Crippen molar-refractivity contribution in [1.82, 2.24) is 19.1 Å². The van der Waals surface area contributed by atoms with Crippen molar-refractivity contribution in [3.63, 3.8) is 0 Å². The molecule has 0 aliphatic carbocycles. The summed E-state index contributed by atoms with van der Waals surface area (Å²) in [5.41, 5.74) is -1.23. The molecular formula is C17H14FN4O4S-. The Kier molecular flexibility index (Phi) is 4.83. The van der Waals surface area contributed by atoms with Crippen LogP contribution in [0.4, 0.5) is 4.39 Å². The first kappa shape index (κ1) is 18.8. The number of hydrogen-bond acceptors (Lipinski definition) is 7. The van der Waals surface area contributed by atoms with Crippen LogP contribution in [0.1, 0.15) is 6.92 Å². The Hall–Kier alpha value is -3.01. The highest BCUT2D eigenvalue weighted by Crippen LogP contribution is 2.29. The van der Waals surface area contributed by atoms with E-state index in [0.717, 1.165) is 20.9 Å². The third kappa shape index (κ3) is 3.23. The van der Waals surface area contributed by atoms with E-state index in [4.69, 9.17) is 0 Å². The molecule has 10 heteroatoms. The molecule has 0 saturated carbocycles. The predicted octanol–water partition coefficient (Wildman–Crippen LogP) is 0.0638. The van der Waals surface area contributed by atoms with Gasteiger partial charge in [0.2, 0.25) is 0 Å². The van der Waals surface area contributed by atoms with Crippen LogP contribution in [0.25, 0.3) is 22.4 Å². The number of carbonyl (C=O) groups excluding carboxylic acids is 1. The van der Waals surface area contributed by atoms with E-state index < -0.39 is 28.3 Å². The van der Waals surface area contributed by atoms with Gasteiger partial charge in [-0.3, -0.25) is 13.9 Å². The van der Waals surface area contributed by atoms with Gasteiger partial charge in [-0.15, -0.1) is 0 Å². The number of aliphatic carboxylic acids is 1. The summed E-state index contributed by atoms with van der Waals surface area (Å²) < 4.78 is 16.2. The summed E-state index contributed by atoms with van der Waals surface area (Å²) in [5.74, 6) is -1.99. The molecule has 3 aromatic rings. The fraction of sp³-hybridized carbons (Fsp3) is 0.235. The van der Waals surface area contributed by atoms with Crippen molar-refractivity contribution in [2.45, 2.75) is 17.2 Å². The summed E-state index contributed by atoms with van der Waals surface area (Å²) in [4.78, 5) is 44.4. The highest BCUT2D eigenvalue weighted by molar-refractivity contribution is 8.00. The number of thioether (sulfide) groups is 1. The minimum Gasteiger partial charge on any atom is -0.549 e. The van der Waals surface area contributed by atoms with E-state index in [1.807, 2.05) is 0 Å². The lowest BCUT2D eigenvalue weighted by Crippen LogP contribution is -2.38. The van der Waals surface area contributed by atoms with Gasteiger partial charge in [-0.25, -0.2) is 19.2 Å². The monoisotopic (exact) mass is 389 g/mol. The molecule has 0 unspecified atom stereocenters. The summed E-state index contributed by atoms with van der Waals surface area (Å²) in [7, 11) is 2.71. The Balaban J connectivity index is 2.42. The lowest BCUT2D eigenvalue weighted by atomic mass is 10.2. The molecule has 2 heterocycles. The maximum atomic E-state index is 14.2. The first-order valence-corrected chi connectivity index (χ1v) is 8.70. The molecule has 0 aliphatic rings. The van der Waals surface area contributed by atoms with Crippen molar-refractivity contribution in [3.8, 4) is 11.4 Å². The van der Waals surface area contributed by atoms with Gasteiger partial charge in [0, 0.05) is 19.3 Å². The van der Waals surface area contributed by atoms with Gasteiger partial charge < -0.3 is 9.90 Å². The Labute approximate surface area is 156 Å². The van der Waals surface area contributed by atoms with Gasteiger partial charge in [-0.2, -0.15) is 0 Å². The summed E-state index contributed by atoms with van der Waals surface area (Å²) in [6.45, 7) is 1.38. The molecule has 0 fully saturated rings. The van der Waals surface area contributed by atoms with Crippen LogP contribution >= 0.6 is 11.8 Å². The predicted molar refractivity (Wildman–Crippen MR) is 95.7 cm³/mol. The number of carboxylic acids is 1. The van der Waals surface area contributed by atoms with Crippen molar-refractivity contribution in [2.75, 3.05) is 0 Å². The van der Waals surface area contributed by atoms with Crippen LogP contribution in [-0.2, 0) is 18.9 Å². The van der Waals surface area contributed by atoms with E-state index in [1.165, 1.54) is 39.2 Å². The quantitative estimate of drug-likeness (QED) is 0.458. The van der Waals surface area contributed by atoms with E-state index in [1.54, 1.807) is 6.07 Å². The summed E-state index contributed by atoms with van der Waals surface area (Å²) >= 11 is 0.769. The normalized spacial score (nSPS) is 12.3. The molecular weight excluding hydrogens is 375 g/mol. The molecule has 140 valence electrons. The van der Waals surface area contributed by atoms with Crippen LogP contribution < -0.4 is 16.4 Å². The van der Waals surface area contributed by atoms with E-state index in [0.29, 0.717) is 0 Å². The average molecular weight is 389 g/mol. The molecule has 27 heavy (non-hydrogen) atoms. The Morgan fingerprint density at radius 1 is 1.19 bits per heavy atom. The van der Waals surface area contributed by atoms with Crippen molar-refractivity contribution in [2.24, 2.45) is 14.1 Å². The second-order valence-corrected chi connectivity index (χ2v) is 7.15. The van der Waals surface area contributed by atoms with Crippen LogP contribution in [0.3, 0.4) is 0 Å². The van der Waals surface area contributed by atoms with E-state index >= 15 is 0 Å². The molecule has 2 aromatic heterocycles. The minimum absolute atomic E-state index is 0.00981. The summed E-state index contributed by atoms with van der Waals surface area (Å²) in [6.07, 6.45) is 0. The van der Waals surface area contributed by atoms with Gasteiger partial charge in [0.25, 0.3) is 5.56 Å². The second-order valence-electron chi connectivity index (χ2n) is 5.82. The molecule has 0 saturated heterocycles. The van der Waals surface area contributed by atoms with Gasteiger partial charge in [-0.1, -0.05) is 23.9 Å². The Morgan fingerprint density at radius 3 is 2.48 bits per heavy atom. The number of nitrogens with zero attached hydrogens (tertiary/aromatic N) is 4. The van der Waals surface area contributed by atoms with Crippen LogP contribution in [0.5, 0.6) is 0 Å². The highest BCUT2D eigenvalue weighted by atomic mass is 32.2. The fourth-order valence-corrected chi connectivity index (χ4v) is 3.36. The van der Waals surface area contributed by atoms with Gasteiger partial charge in [0.05, 0.1) is 11.5 Å². The highest BCUT2D eigenvalue weighted by Gasteiger charge is 2.21. The van der Waals surface area contributed by atoms with Crippen molar-refractivity contribution < 1.29 is 14.3 Å². The molecule has 0 N–H and O–H groups in total. The van der Waals surface area contributed by atoms with E-state index in [9.17, 15) is 23.9 Å².